The van der Waals surface area contributed by atoms with E-state index in [-0.39, 0.29) is 17.2 Å². The van der Waals surface area contributed by atoms with Crippen LogP contribution in [-0.4, -0.2) is 44.9 Å². The Balaban J connectivity index is 1.58. The van der Waals surface area contributed by atoms with Gasteiger partial charge in [0.25, 0.3) is 0 Å². The van der Waals surface area contributed by atoms with E-state index in [1.165, 1.54) is 16.4 Å². The van der Waals surface area contributed by atoms with E-state index >= 15 is 0 Å². The van der Waals surface area contributed by atoms with Gasteiger partial charge >= 0.3 is 0 Å². The Morgan fingerprint density at radius 2 is 1.61 bits per heavy atom. The van der Waals surface area contributed by atoms with Crippen LogP contribution in [0.15, 0.2) is 83.8 Å². The van der Waals surface area contributed by atoms with E-state index in [1.807, 2.05) is 48.5 Å². The first kappa shape index (κ1) is 23.0. The van der Waals surface area contributed by atoms with Gasteiger partial charge in [-0.05, 0) is 42.3 Å². The number of amides is 1. The van der Waals surface area contributed by atoms with Crippen molar-refractivity contribution in [3.05, 3.63) is 84.4 Å². The van der Waals surface area contributed by atoms with Gasteiger partial charge in [0, 0.05) is 19.5 Å². The van der Waals surface area contributed by atoms with Crippen molar-refractivity contribution in [2.24, 2.45) is 0 Å². The van der Waals surface area contributed by atoms with Crippen molar-refractivity contribution in [1.29, 1.82) is 0 Å². The number of nitrogens with one attached hydrogen (secondary N) is 1. The summed E-state index contributed by atoms with van der Waals surface area (Å²) in [5.41, 5.74) is 1.36. The highest BCUT2D eigenvalue weighted by molar-refractivity contribution is 7.89. The van der Waals surface area contributed by atoms with Crippen LogP contribution in [0, 0.1) is 0 Å². The third kappa shape index (κ3) is 5.98. The highest BCUT2D eigenvalue weighted by atomic mass is 32.2. The normalized spacial score (nSPS) is 14.5. The van der Waals surface area contributed by atoms with Crippen LogP contribution >= 0.6 is 0 Å². The number of nitrogens with zero attached hydrogens (tertiary/aromatic N) is 1. The van der Waals surface area contributed by atoms with Crippen LogP contribution in [0.3, 0.4) is 0 Å². The maximum atomic E-state index is 13.1. The van der Waals surface area contributed by atoms with Crippen molar-refractivity contribution >= 4 is 21.6 Å². The number of hydrogen-bond donors (Lipinski definition) is 1. The predicted octanol–water partition coefficient (Wildman–Crippen LogP) is 4.07. The lowest BCUT2D eigenvalue weighted by Crippen LogP contribution is -2.40. The van der Waals surface area contributed by atoms with Crippen LogP contribution in [0.2, 0.25) is 0 Å². The van der Waals surface area contributed by atoms with Gasteiger partial charge in [0.2, 0.25) is 15.9 Å². The lowest BCUT2D eigenvalue weighted by Gasteiger charge is -2.26. The average molecular weight is 467 g/mol. The monoisotopic (exact) mass is 466 g/mol. The molecule has 0 bridgehead atoms. The van der Waals surface area contributed by atoms with Gasteiger partial charge in [-0.1, -0.05) is 48.5 Å². The Kier molecular flexibility index (Phi) is 7.39. The number of morpholine rings is 1. The number of carbonyl (C=O) groups excluding carboxylic acids is 1. The van der Waals surface area contributed by atoms with Gasteiger partial charge in [-0.2, -0.15) is 4.31 Å². The number of sulfonamides is 1. The molecule has 1 N–H and O–H groups in total. The zero-order chi connectivity index (χ0) is 23.1. The van der Waals surface area contributed by atoms with Gasteiger partial charge in [0.05, 0.1) is 23.8 Å². The average Bonchev–Trinajstić information content (AvgIpc) is 2.85. The molecule has 3 aromatic carbocycles. The van der Waals surface area contributed by atoms with Crippen molar-refractivity contribution in [1.82, 2.24) is 4.31 Å². The zero-order valence-corrected chi connectivity index (χ0v) is 19.0. The Bertz CT molecular complexity index is 1180. The molecule has 1 fully saturated rings. The quantitative estimate of drug-likeness (QED) is 0.541. The molecule has 0 saturated carbocycles. The van der Waals surface area contributed by atoms with Crippen LogP contribution < -0.4 is 10.1 Å². The van der Waals surface area contributed by atoms with Gasteiger partial charge in [-0.25, -0.2) is 8.42 Å². The fourth-order valence-corrected chi connectivity index (χ4v) is 4.96. The maximum Gasteiger partial charge on any atom is 0.243 e. The molecular formula is C25H26N2O5S. The van der Waals surface area contributed by atoms with Gasteiger partial charge in [0.1, 0.15) is 5.75 Å². The highest BCUT2D eigenvalue weighted by Crippen LogP contribution is 2.33. The molecule has 172 valence electrons. The summed E-state index contributed by atoms with van der Waals surface area (Å²) in [5, 5.41) is 2.84. The summed E-state index contributed by atoms with van der Waals surface area (Å²) in [4.78, 5) is 12.8. The van der Waals surface area contributed by atoms with E-state index in [9.17, 15) is 13.2 Å². The van der Waals surface area contributed by atoms with Gasteiger partial charge < -0.3 is 14.8 Å². The fourth-order valence-electron chi connectivity index (χ4n) is 3.52. The van der Waals surface area contributed by atoms with Crippen LogP contribution in [0.25, 0.3) is 0 Å². The maximum absolute atomic E-state index is 13.1. The number of aryl methyl sites for hydroxylation is 1. The third-order valence-electron chi connectivity index (χ3n) is 5.29. The van der Waals surface area contributed by atoms with E-state index < -0.39 is 10.0 Å². The number of anilines is 1. The Labute approximate surface area is 194 Å². The Morgan fingerprint density at radius 3 is 2.30 bits per heavy atom. The van der Waals surface area contributed by atoms with Crippen molar-refractivity contribution in [3.63, 3.8) is 0 Å². The molecular weight excluding hydrogens is 440 g/mol. The number of carbonyl (C=O) groups is 1. The molecule has 4 rings (SSSR count). The number of benzene rings is 3. The summed E-state index contributed by atoms with van der Waals surface area (Å²) in [6.07, 6.45) is 0.836. The minimum absolute atomic E-state index is 0.100. The van der Waals surface area contributed by atoms with Crippen LogP contribution in [0.5, 0.6) is 11.5 Å². The first-order valence-electron chi connectivity index (χ1n) is 10.8. The topological polar surface area (TPSA) is 84.9 Å². The molecule has 0 spiro atoms. The van der Waals surface area contributed by atoms with Gasteiger partial charge in [-0.3, -0.25) is 4.79 Å². The van der Waals surface area contributed by atoms with Gasteiger partial charge in [0.15, 0.2) is 5.75 Å². The molecule has 33 heavy (non-hydrogen) atoms. The second-order valence-corrected chi connectivity index (χ2v) is 9.56. The number of rotatable bonds is 8. The fraction of sp³-hybridized carbons (Fsp3) is 0.240. The van der Waals surface area contributed by atoms with Crippen LogP contribution in [0.1, 0.15) is 12.0 Å². The lowest BCUT2D eigenvalue weighted by molar-refractivity contribution is -0.116. The molecule has 1 amide bonds. The second kappa shape index (κ2) is 10.6. The Morgan fingerprint density at radius 1 is 0.939 bits per heavy atom. The summed E-state index contributed by atoms with van der Waals surface area (Å²) in [6, 6.07) is 23.4. The van der Waals surface area contributed by atoms with Gasteiger partial charge in [-0.15, -0.1) is 0 Å². The minimum Gasteiger partial charge on any atom is -0.455 e. The van der Waals surface area contributed by atoms with Crippen molar-refractivity contribution in [2.45, 2.75) is 17.7 Å². The van der Waals surface area contributed by atoms with E-state index in [2.05, 4.69) is 5.32 Å². The van der Waals surface area contributed by atoms with E-state index in [0.717, 1.165) is 5.56 Å². The molecule has 0 aliphatic carbocycles. The summed E-state index contributed by atoms with van der Waals surface area (Å²) >= 11 is 0. The SMILES string of the molecule is O=C(CCc1ccccc1)Nc1cc(S(=O)(=O)N2CCOCC2)ccc1Oc1ccccc1. The molecule has 8 heteroatoms. The molecule has 7 nitrogen and oxygen atoms in total. The zero-order valence-electron chi connectivity index (χ0n) is 18.1. The van der Waals surface area contributed by atoms with Crippen molar-refractivity contribution in [2.75, 3.05) is 31.6 Å². The molecule has 0 atom stereocenters. The molecule has 1 aliphatic heterocycles. The lowest BCUT2D eigenvalue weighted by atomic mass is 10.1. The summed E-state index contributed by atoms with van der Waals surface area (Å²) in [6.45, 7) is 1.31. The molecule has 1 aliphatic rings. The standard InChI is InChI=1S/C25H26N2O5S/c28-25(14-11-20-7-3-1-4-8-20)26-23-19-22(33(29,30)27-15-17-31-18-16-27)12-13-24(23)32-21-9-5-2-6-10-21/h1-10,12-13,19H,11,14-18H2,(H,26,28). The number of hydrogen-bond acceptors (Lipinski definition) is 5. The predicted molar refractivity (Wildman–Crippen MR) is 126 cm³/mol. The van der Waals surface area contributed by atoms with Crippen molar-refractivity contribution < 1.29 is 22.7 Å². The summed E-state index contributed by atoms with van der Waals surface area (Å²) in [5.74, 6) is 0.731. The van der Waals surface area contributed by atoms with E-state index in [1.54, 1.807) is 18.2 Å². The van der Waals surface area contributed by atoms with E-state index in [0.29, 0.717) is 49.9 Å². The molecule has 0 aromatic heterocycles. The van der Waals surface area contributed by atoms with Crippen molar-refractivity contribution in [3.8, 4) is 11.5 Å². The summed E-state index contributed by atoms with van der Waals surface area (Å²) in [7, 11) is -3.72. The van der Waals surface area contributed by atoms with Crippen LogP contribution in [0.4, 0.5) is 5.69 Å². The largest absolute Gasteiger partial charge is 0.455 e. The molecule has 3 aromatic rings. The number of ether oxygens (including phenoxy) is 2. The van der Waals surface area contributed by atoms with Crippen LogP contribution in [-0.2, 0) is 26.0 Å². The second-order valence-electron chi connectivity index (χ2n) is 7.62. The minimum atomic E-state index is -3.72. The Hall–Kier alpha value is -3.20. The first-order valence-corrected chi connectivity index (χ1v) is 12.2. The third-order valence-corrected chi connectivity index (χ3v) is 7.18. The molecule has 1 heterocycles. The summed E-state index contributed by atoms with van der Waals surface area (Å²) < 4.78 is 38.9. The number of para-hydroxylation sites is 1. The smallest absolute Gasteiger partial charge is 0.243 e. The highest BCUT2D eigenvalue weighted by Gasteiger charge is 2.27. The molecule has 0 unspecified atom stereocenters. The molecule has 1 saturated heterocycles. The van der Waals surface area contributed by atoms with E-state index in [4.69, 9.17) is 9.47 Å². The first-order chi connectivity index (χ1) is 16.0. The molecule has 0 radical (unpaired) electrons.